The number of esters is 2. The van der Waals surface area contributed by atoms with Gasteiger partial charge in [-0.2, -0.15) is 0 Å². The molecule has 0 aromatic heterocycles. The van der Waals surface area contributed by atoms with E-state index in [0.29, 0.717) is 24.2 Å². The van der Waals surface area contributed by atoms with Crippen molar-refractivity contribution in [3.8, 4) is 0 Å². The lowest BCUT2D eigenvalue weighted by Gasteiger charge is -2.36. The predicted octanol–water partition coefficient (Wildman–Crippen LogP) is 4.11. The third-order valence-electron chi connectivity index (χ3n) is 4.49. The summed E-state index contributed by atoms with van der Waals surface area (Å²) >= 11 is 0. The molecule has 0 spiro atoms. The molecule has 22 heavy (non-hydrogen) atoms. The zero-order chi connectivity index (χ0) is 16.7. The van der Waals surface area contributed by atoms with Crippen molar-refractivity contribution < 1.29 is 19.1 Å². The molecular formula is C18H32O4. The van der Waals surface area contributed by atoms with Crippen LogP contribution in [-0.2, 0) is 19.1 Å². The van der Waals surface area contributed by atoms with E-state index in [4.69, 9.17) is 9.47 Å². The maximum atomic E-state index is 12.1. The minimum atomic E-state index is -0.412. The fourth-order valence-electron chi connectivity index (χ4n) is 3.23. The van der Waals surface area contributed by atoms with E-state index in [9.17, 15) is 9.59 Å². The molecule has 0 amide bonds. The summed E-state index contributed by atoms with van der Waals surface area (Å²) < 4.78 is 10.9. The van der Waals surface area contributed by atoms with Gasteiger partial charge in [0.2, 0.25) is 0 Å². The van der Waals surface area contributed by atoms with E-state index in [1.54, 1.807) is 6.92 Å². The Bertz CT molecular complexity index is 364. The average Bonchev–Trinajstić information content (AvgIpc) is 2.37. The highest BCUT2D eigenvalue weighted by atomic mass is 16.6. The summed E-state index contributed by atoms with van der Waals surface area (Å²) in [6.45, 7) is 10.3. The molecule has 1 aliphatic rings. The molecular weight excluding hydrogens is 280 g/mol. The Labute approximate surface area is 134 Å². The van der Waals surface area contributed by atoms with Gasteiger partial charge in [-0.25, -0.2) is 0 Å². The van der Waals surface area contributed by atoms with E-state index in [2.05, 4.69) is 20.8 Å². The molecule has 4 heteroatoms. The maximum Gasteiger partial charge on any atom is 0.309 e. The van der Waals surface area contributed by atoms with Gasteiger partial charge >= 0.3 is 11.9 Å². The van der Waals surface area contributed by atoms with E-state index < -0.39 is 6.10 Å². The molecule has 0 bridgehead atoms. The molecule has 1 rings (SSSR count). The van der Waals surface area contributed by atoms with Gasteiger partial charge in [-0.05, 0) is 43.9 Å². The van der Waals surface area contributed by atoms with Crippen LogP contribution in [0.1, 0.15) is 73.1 Å². The lowest BCUT2D eigenvalue weighted by atomic mass is 9.75. The van der Waals surface area contributed by atoms with Crippen molar-refractivity contribution in [3.05, 3.63) is 0 Å². The summed E-state index contributed by atoms with van der Waals surface area (Å²) in [5.74, 6) is 1.08. The topological polar surface area (TPSA) is 52.6 Å². The molecule has 0 heterocycles. The number of hydrogen-bond acceptors (Lipinski definition) is 4. The Balaban J connectivity index is 2.46. The van der Waals surface area contributed by atoms with Crippen LogP contribution >= 0.6 is 0 Å². The molecule has 1 saturated carbocycles. The first-order valence-corrected chi connectivity index (χ1v) is 8.72. The first-order valence-electron chi connectivity index (χ1n) is 8.72. The van der Waals surface area contributed by atoms with Gasteiger partial charge in [0, 0.05) is 6.42 Å². The highest BCUT2D eigenvalue weighted by molar-refractivity contribution is 5.72. The number of hydrogen-bond donors (Lipinski definition) is 0. The molecule has 0 radical (unpaired) electrons. The summed E-state index contributed by atoms with van der Waals surface area (Å²) in [4.78, 5) is 23.6. The van der Waals surface area contributed by atoms with Crippen molar-refractivity contribution in [2.75, 3.05) is 0 Å². The van der Waals surface area contributed by atoms with Crippen LogP contribution in [0.5, 0.6) is 0 Å². The van der Waals surface area contributed by atoms with Crippen LogP contribution in [0.25, 0.3) is 0 Å². The zero-order valence-electron chi connectivity index (χ0n) is 14.8. The second kappa shape index (κ2) is 9.16. The molecule has 1 aliphatic carbocycles. The molecule has 1 fully saturated rings. The second-order valence-electron chi connectivity index (χ2n) is 7.11. The van der Waals surface area contributed by atoms with Crippen molar-refractivity contribution in [2.24, 2.45) is 17.8 Å². The Hall–Kier alpha value is -1.06. The minimum absolute atomic E-state index is 0.00907. The van der Waals surface area contributed by atoms with E-state index in [0.717, 1.165) is 19.3 Å². The van der Waals surface area contributed by atoms with Crippen molar-refractivity contribution in [3.63, 3.8) is 0 Å². The first kappa shape index (κ1) is 19.0. The molecule has 4 nitrogen and oxygen atoms in total. The lowest BCUT2D eigenvalue weighted by molar-refractivity contribution is -0.161. The third-order valence-corrected chi connectivity index (χ3v) is 4.49. The van der Waals surface area contributed by atoms with Gasteiger partial charge in [0.1, 0.15) is 12.2 Å². The molecule has 0 aliphatic heterocycles. The smallest absolute Gasteiger partial charge is 0.309 e. The van der Waals surface area contributed by atoms with Crippen LogP contribution < -0.4 is 0 Å². The van der Waals surface area contributed by atoms with E-state index in [-0.39, 0.29) is 24.5 Å². The van der Waals surface area contributed by atoms with Crippen molar-refractivity contribution >= 4 is 11.9 Å². The van der Waals surface area contributed by atoms with Crippen molar-refractivity contribution in [2.45, 2.75) is 85.4 Å². The maximum absolute atomic E-state index is 12.1. The van der Waals surface area contributed by atoms with Gasteiger partial charge < -0.3 is 9.47 Å². The van der Waals surface area contributed by atoms with Crippen LogP contribution in [0.4, 0.5) is 0 Å². The molecule has 128 valence electrons. The minimum Gasteiger partial charge on any atom is -0.462 e. The average molecular weight is 312 g/mol. The first-order chi connectivity index (χ1) is 10.3. The molecule has 0 N–H and O–H groups in total. The zero-order valence-corrected chi connectivity index (χ0v) is 14.8. The Morgan fingerprint density at radius 2 is 1.82 bits per heavy atom. The van der Waals surface area contributed by atoms with Gasteiger partial charge in [-0.1, -0.05) is 34.1 Å². The predicted molar refractivity (Wildman–Crippen MR) is 86.3 cm³/mol. The number of carbonyl (C=O) groups excluding carboxylic acids is 2. The van der Waals surface area contributed by atoms with Crippen molar-refractivity contribution in [1.82, 2.24) is 0 Å². The molecule has 0 aromatic carbocycles. The fourth-order valence-corrected chi connectivity index (χ4v) is 3.23. The van der Waals surface area contributed by atoms with Gasteiger partial charge in [0.15, 0.2) is 0 Å². The van der Waals surface area contributed by atoms with E-state index in [1.165, 1.54) is 6.42 Å². The van der Waals surface area contributed by atoms with Crippen LogP contribution in [-0.4, -0.2) is 24.1 Å². The third kappa shape index (κ3) is 6.37. The number of ether oxygens (including phenoxy) is 2. The Kier molecular flexibility index (Phi) is 7.91. The van der Waals surface area contributed by atoms with Crippen LogP contribution in [0, 0.1) is 17.8 Å². The fraction of sp³-hybridized carbons (Fsp3) is 0.889. The van der Waals surface area contributed by atoms with Gasteiger partial charge in [-0.15, -0.1) is 0 Å². The normalized spacial score (nSPS) is 26.5. The summed E-state index contributed by atoms with van der Waals surface area (Å²) in [7, 11) is 0. The highest BCUT2D eigenvalue weighted by Gasteiger charge is 2.33. The SMILES string of the molecule is CCCC(=O)OC(C)CC(=O)OC1CC(C)CCC1C(C)C. The number of rotatable bonds is 7. The van der Waals surface area contributed by atoms with Gasteiger partial charge in [0.25, 0.3) is 0 Å². The molecule has 0 aromatic rings. The van der Waals surface area contributed by atoms with Crippen LogP contribution in [0.3, 0.4) is 0 Å². The van der Waals surface area contributed by atoms with Crippen LogP contribution in [0.2, 0.25) is 0 Å². The summed E-state index contributed by atoms with van der Waals surface area (Å²) in [6, 6.07) is 0. The van der Waals surface area contributed by atoms with E-state index >= 15 is 0 Å². The standard InChI is InChI=1S/C18H32O4/c1-6-7-17(19)21-14(5)11-18(20)22-16-10-13(4)8-9-15(16)12(2)3/h12-16H,6-11H2,1-5H3. The van der Waals surface area contributed by atoms with Crippen LogP contribution in [0.15, 0.2) is 0 Å². The summed E-state index contributed by atoms with van der Waals surface area (Å²) in [5, 5.41) is 0. The van der Waals surface area contributed by atoms with E-state index in [1.807, 2.05) is 6.92 Å². The van der Waals surface area contributed by atoms with Gasteiger partial charge in [-0.3, -0.25) is 9.59 Å². The summed E-state index contributed by atoms with van der Waals surface area (Å²) in [5.41, 5.74) is 0. The molecule has 0 saturated heterocycles. The van der Waals surface area contributed by atoms with Gasteiger partial charge in [0.05, 0.1) is 6.42 Å². The largest absolute Gasteiger partial charge is 0.462 e. The molecule has 4 unspecified atom stereocenters. The number of carbonyl (C=O) groups is 2. The lowest BCUT2D eigenvalue weighted by Crippen LogP contribution is -2.36. The summed E-state index contributed by atoms with van der Waals surface area (Å²) in [6.07, 6.45) is 4.17. The Morgan fingerprint density at radius 3 is 2.41 bits per heavy atom. The monoisotopic (exact) mass is 312 g/mol. The highest BCUT2D eigenvalue weighted by Crippen LogP contribution is 2.35. The van der Waals surface area contributed by atoms with Crippen molar-refractivity contribution in [1.29, 1.82) is 0 Å². The second-order valence-corrected chi connectivity index (χ2v) is 7.11. The quantitative estimate of drug-likeness (QED) is 0.664. The molecule has 4 atom stereocenters. The Morgan fingerprint density at radius 1 is 1.14 bits per heavy atom.